The van der Waals surface area contributed by atoms with Gasteiger partial charge in [0, 0.05) is 5.56 Å². The minimum Gasteiger partial charge on any atom is -0.487 e. The van der Waals surface area contributed by atoms with Crippen LogP contribution in [0, 0.1) is 0 Å². The molecule has 1 aromatic carbocycles. The van der Waals surface area contributed by atoms with E-state index in [9.17, 15) is 18.0 Å². The third-order valence-electron chi connectivity index (χ3n) is 2.43. The molecule has 0 saturated heterocycles. The van der Waals surface area contributed by atoms with Crippen LogP contribution < -0.4 is 0 Å². The van der Waals surface area contributed by atoms with Crippen LogP contribution in [-0.2, 0) is 19.9 Å². The monoisotopic (exact) mass is 292 g/mol. The number of rotatable bonds is 3. The van der Waals surface area contributed by atoms with Gasteiger partial charge in [0.1, 0.15) is 0 Å². The van der Waals surface area contributed by atoms with Crippen LogP contribution >= 0.6 is 12.2 Å². The Bertz CT molecular complexity index is 473. The van der Waals surface area contributed by atoms with E-state index in [1.165, 1.54) is 26.2 Å². The van der Waals surface area contributed by atoms with E-state index in [1.807, 2.05) is 0 Å². The van der Waals surface area contributed by atoms with Gasteiger partial charge in [0.15, 0.2) is 0 Å². The highest BCUT2D eigenvalue weighted by atomic mass is 32.1. The van der Waals surface area contributed by atoms with Gasteiger partial charge in [-0.1, -0.05) is 30.3 Å². The first kappa shape index (κ1) is 15.4. The lowest BCUT2D eigenvalue weighted by atomic mass is 9.96. The summed E-state index contributed by atoms with van der Waals surface area (Å²) in [6.45, 7) is 1.25. The van der Waals surface area contributed by atoms with Crippen LogP contribution in [0.25, 0.3) is 0 Å². The number of hydrogen-bond donors (Lipinski definition) is 0. The number of benzene rings is 1. The van der Waals surface area contributed by atoms with Gasteiger partial charge in [-0.15, -0.1) is 0 Å². The molecule has 7 heteroatoms. The number of carbonyl (C=O) groups is 1. The summed E-state index contributed by atoms with van der Waals surface area (Å²) in [6, 6.07) is 7.84. The Balaban J connectivity index is 3.16. The lowest BCUT2D eigenvalue weighted by molar-refractivity contribution is -0.209. The largest absolute Gasteiger partial charge is 0.490 e. The predicted molar refractivity (Wildman–Crippen MR) is 65.5 cm³/mol. The van der Waals surface area contributed by atoms with Crippen LogP contribution in [0.3, 0.4) is 0 Å². The molecule has 0 amide bonds. The van der Waals surface area contributed by atoms with Crippen molar-refractivity contribution in [2.45, 2.75) is 18.7 Å². The fourth-order valence-corrected chi connectivity index (χ4v) is 1.57. The maximum Gasteiger partial charge on any atom is 0.490 e. The third kappa shape index (κ3) is 3.44. The molecule has 0 aliphatic heterocycles. The van der Waals surface area contributed by atoms with E-state index in [0.717, 1.165) is 0 Å². The molecule has 1 unspecified atom stereocenters. The zero-order chi connectivity index (χ0) is 14.7. The van der Waals surface area contributed by atoms with Crippen molar-refractivity contribution in [2.75, 3.05) is 7.11 Å². The Morgan fingerprint density at radius 3 is 2.16 bits per heavy atom. The topological polar surface area (TPSA) is 35.5 Å². The molecule has 0 aliphatic carbocycles. The normalized spacial score (nSPS) is 14.4. The maximum atomic E-state index is 12.3. The molecule has 1 aromatic rings. The summed E-state index contributed by atoms with van der Waals surface area (Å²) in [7, 11) is 1.20. The van der Waals surface area contributed by atoms with E-state index in [2.05, 4.69) is 4.74 Å². The quantitative estimate of drug-likeness (QED) is 0.634. The molecule has 1 rings (SSSR count). The van der Waals surface area contributed by atoms with Crippen LogP contribution in [0.15, 0.2) is 30.3 Å². The lowest BCUT2D eigenvalue weighted by Crippen LogP contribution is -2.41. The van der Waals surface area contributed by atoms with Crippen LogP contribution in [-0.4, -0.2) is 24.3 Å². The second-order valence-corrected chi connectivity index (χ2v) is 4.15. The molecule has 0 spiro atoms. The molecule has 0 aliphatic rings. The molecule has 104 valence electrons. The summed E-state index contributed by atoms with van der Waals surface area (Å²) in [5, 5.41) is -0.267. The number of methoxy groups -OCH3 is 1. The van der Waals surface area contributed by atoms with Crippen LogP contribution in [0.1, 0.15) is 12.5 Å². The van der Waals surface area contributed by atoms with Crippen LogP contribution in [0.5, 0.6) is 0 Å². The van der Waals surface area contributed by atoms with Gasteiger partial charge in [0.05, 0.1) is 7.11 Å². The number of alkyl halides is 3. The van der Waals surface area contributed by atoms with Gasteiger partial charge in [0.2, 0.25) is 10.7 Å². The van der Waals surface area contributed by atoms with Gasteiger partial charge in [0.25, 0.3) is 0 Å². The minimum absolute atomic E-state index is 0.267. The summed E-state index contributed by atoms with van der Waals surface area (Å²) in [4.78, 5) is 11.0. The van der Waals surface area contributed by atoms with E-state index in [-0.39, 0.29) is 5.05 Å². The van der Waals surface area contributed by atoms with Crippen molar-refractivity contribution in [3.8, 4) is 0 Å². The molecule has 0 aromatic heterocycles. The second-order valence-electron chi connectivity index (χ2n) is 3.78. The molecule has 0 heterocycles. The number of halogens is 3. The van der Waals surface area contributed by atoms with E-state index in [0.29, 0.717) is 5.56 Å². The summed E-state index contributed by atoms with van der Waals surface area (Å²) >= 11 is 4.85. The standard InChI is InChI=1S/C12H11F3O3S/c1-11(10(19)17-2,8-6-4-3-5-7-8)18-9(16)12(13,14)15/h3-7H,1-2H3. The van der Waals surface area contributed by atoms with Crippen molar-refractivity contribution in [3.05, 3.63) is 35.9 Å². The summed E-state index contributed by atoms with van der Waals surface area (Å²) in [5.41, 5.74) is -1.49. The predicted octanol–water partition coefficient (Wildman–Crippen LogP) is 2.98. The zero-order valence-electron chi connectivity index (χ0n) is 10.2. The van der Waals surface area contributed by atoms with E-state index >= 15 is 0 Å². The molecule has 1 atom stereocenters. The number of carbonyl (C=O) groups excluding carboxylic acids is 1. The SMILES string of the molecule is COC(=S)C(C)(OC(=O)C(F)(F)F)c1ccccc1. The molecule has 3 nitrogen and oxygen atoms in total. The van der Waals surface area contributed by atoms with Crippen molar-refractivity contribution >= 4 is 23.2 Å². The van der Waals surface area contributed by atoms with Crippen LogP contribution in [0.4, 0.5) is 13.2 Å². The Labute approximate surface area is 113 Å². The molecule has 19 heavy (non-hydrogen) atoms. The third-order valence-corrected chi connectivity index (χ3v) is 2.98. The first-order chi connectivity index (χ1) is 8.71. The van der Waals surface area contributed by atoms with Gasteiger partial charge < -0.3 is 9.47 Å². The average molecular weight is 292 g/mol. The highest BCUT2D eigenvalue weighted by molar-refractivity contribution is 7.80. The Morgan fingerprint density at radius 1 is 1.21 bits per heavy atom. The molecule has 0 N–H and O–H groups in total. The number of esters is 1. The molecule has 0 bridgehead atoms. The van der Waals surface area contributed by atoms with Gasteiger partial charge in [-0.2, -0.15) is 13.2 Å². The van der Waals surface area contributed by atoms with E-state index in [4.69, 9.17) is 17.0 Å². The smallest absolute Gasteiger partial charge is 0.487 e. The molecule has 0 saturated carbocycles. The van der Waals surface area contributed by atoms with Gasteiger partial charge >= 0.3 is 12.1 Å². The Hall–Kier alpha value is -1.63. The zero-order valence-corrected chi connectivity index (χ0v) is 11.0. The maximum absolute atomic E-state index is 12.3. The number of thiocarbonyl (C=S) groups is 1. The number of ether oxygens (including phenoxy) is 2. The highest BCUT2D eigenvalue weighted by Crippen LogP contribution is 2.31. The summed E-state index contributed by atoms with van der Waals surface area (Å²) < 4.78 is 46.2. The number of hydrogen-bond acceptors (Lipinski definition) is 4. The highest BCUT2D eigenvalue weighted by Gasteiger charge is 2.47. The summed E-state index contributed by atoms with van der Waals surface area (Å²) in [6.07, 6.45) is -5.10. The molecule has 0 radical (unpaired) electrons. The Kier molecular flexibility index (Phi) is 4.52. The van der Waals surface area contributed by atoms with Crippen molar-refractivity contribution in [2.24, 2.45) is 0 Å². The van der Waals surface area contributed by atoms with E-state index < -0.39 is 17.7 Å². The summed E-state index contributed by atoms with van der Waals surface area (Å²) in [5.74, 6) is -2.32. The van der Waals surface area contributed by atoms with Gasteiger partial charge in [-0.05, 0) is 19.1 Å². The van der Waals surface area contributed by atoms with Gasteiger partial charge in [-0.3, -0.25) is 0 Å². The molecule has 0 fully saturated rings. The fraction of sp³-hybridized carbons (Fsp3) is 0.333. The minimum atomic E-state index is -5.10. The Morgan fingerprint density at radius 2 is 1.74 bits per heavy atom. The van der Waals surface area contributed by atoms with Crippen LogP contribution in [0.2, 0.25) is 0 Å². The fourth-order valence-electron chi connectivity index (χ4n) is 1.41. The average Bonchev–Trinajstić information content (AvgIpc) is 2.37. The lowest BCUT2D eigenvalue weighted by Gasteiger charge is -2.29. The molecular formula is C12H11F3O3S. The van der Waals surface area contributed by atoms with Crippen molar-refractivity contribution in [1.82, 2.24) is 0 Å². The second kappa shape index (κ2) is 5.56. The van der Waals surface area contributed by atoms with Gasteiger partial charge in [-0.25, -0.2) is 4.79 Å². The van der Waals surface area contributed by atoms with Crippen molar-refractivity contribution in [1.29, 1.82) is 0 Å². The van der Waals surface area contributed by atoms with Crippen molar-refractivity contribution in [3.63, 3.8) is 0 Å². The molecular weight excluding hydrogens is 281 g/mol. The first-order valence-electron chi connectivity index (χ1n) is 5.16. The first-order valence-corrected chi connectivity index (χ1v) is 5.56. The van der Waals surface area contributed by atoms with E-state index in [1.54, 1.807) is 18.2 Å². The van der Waals surface area contributed by atoms with Crippen molar-refractivity contribution < 1.29 is 27.4 Å².